The summed E-state index contributed by atoms with van der Waals surface area (Å²) in [5.74, 6) is -0.00854. The SMILES string of the molecule is CCCCCCCCCCCCOC(=O)CCCCCN(C)C. The maximum Gasteiger partial charge on any atom is 0.305 e. The molecule has 0 N–H and O–H groups in total. The fourth-order valence-corrected chi connectivity index (χ4v) is 2.72. The molecule has 0 amide bonds. The maximum atomic E-state index is 11.6. The Morgan fingerprint density at radius 1 is 0.739 bits per heavy atom. The Balaban J connectivity index is 3.14. The minimum Gasteiger partial charge on any atom is -0.466 e. The topological polar surface area (TPSA) is 29.5 Å². The third-order valence-corrected chi connectivity index (χ3v) is 4.25. The summed E-state index contributed by atoms with van der Waals surface area (Å²) in [5.41, 5.74) is 0. The second-order valence-corrected chi connectivity index (χ2v) is 7.02. The van der Waals surface area contributed by atoms with Crippen LogP contribution in [0.25, 0.3) is 0 Å². The highest BCUT2D eigenvalue weighted by Gasteiger charge is 2.02. The summed E-state index contributed by atoms with van der Waals surface area (Å²) in [7, 11) is 4.17. The highest BCUT2D eigenvalue weighted by molar-refractivity contribution is 5.69. The summed E-state index contributed by atoms with van der Waals surface area (Å²) < 4.78 is 5.29. The first-order chi connectivity index (χ1) is 11.2. The van der Waals surface area contributed by atoms with Gasteiger partial charge in [0, 0.05) is 6.42 Å². The number of carbonyl (C=O) groups is 1. The number of nitrogens with zero attached hydrogens (tertiary/aromatic N) is 1. The van der Waals surface area contributed by atoms with Crippen molar-refractivity contribution < 1.29 is 9.53 Å². The van der Waals surface area contributed by atoms with E-state index in [1.807, 2.05) is 0 Å². The molecule has 0 bridgehead atoms. The molecule has 3 heteroatoms. The molecule has 0 saturated heterocycles. The number of hydrogen-bond donors (Lipinski definition) is 0. The van der Waals surface area contributed by atoms with Crippen LogP contribution >= 0.6 is 0 Å². The van der Waals surface area contributed by atoms with Crippen molar-refractivity contribution in [1.29, 1.82) is 0 Å². The van der Waals surface area contributed by atoms with E-state index in [9.17, 15) is 4.79 Å². The summed E-state index contributed by atoms with van der Waals surface area (Å²) in [6.45, 7) is 3.98. The molecule has 0 rings (SSSR count). The van der Waals surface area contributed by atoms with Gasteiger partial charge in [-0.05, 0) is 39.9 Å². The zero-order valence-electron chi connectivity index (χ0n) is 16.1. The largest absolute Gasteiger partial charge is 0.466 e. The van der Waals surface area contributed by atoms with Crippen molar-refractivity contribution >= 4 is 5.97 Å². The minimum absolute atomic E-state index is 0.00854. The molecule has 0 unspecified atom stereocenters. The highest BCUT2D eigenvalue weighted by atomic mass is 16.5. The molecule has 0 heterocycles. The molecule has 0 saturated carbocycles. The summed E-state index contributed by atoms with van der Waals surface area (Å²) in [6, 6.07) is 0. The molecule has 138 valence electrons. The predicted molar refractivity (Wildman–Crippen MR) is 99.8 cm³/mol. The van der Waals surface area contributed by atoms with Gasteiger partial charge in [0.1, 0.15) is 0 Å². The van der Waals surface area contributed by atoms with Crippen molar-refractivity contribution in [2.24, 2.45) is 0 Å². The third-order valence-electron chi connectivity index (χ3n) is 4.25. The van der Waals surface area contributed by atoms with Gasteiger partial charge >= 0.3 is 5.97 Å². The van der Waals surface area contributed by atoms with E-state index >= 15 is 0 Å². The van der Waals surface area contributed by atoms with E-state index < -0.39 is 0 Å². The Bertz CT molecular complexity index is 254. The number of unbranched alkanes of at least 4 members (excludes halogenated alkanes) is 11. The van der Waals surface area contributed by atoms with Crippen LogP contribution in [0.3, 0.4) is 0 Å². The van der Waals surface area contributed by atoms with Crippen LogP contribution in [-0.2, 0) is 9.53 Å². The van der Waals surface area contributed by atoms with Crippen LogP contribution in [-0.4, -0.2) is 38.1 Å². The number of rotatable bonds is 17. The molecular weight excluding hydrogens is 286 g/mol. The lowest BCUT2D eigenvalue weighted by Gasteiger charge is -2.08. The molecule has 0 spiro atoms. The molecule has 3 nitrogen and oxygen atoms in total. The molecule has 0 aliphatic heterocycles. The second-order valence-electron chi connectivity index (χ2n) is 7.02. The van der Waals surface area contributed by atoms with Crippen molar-refractivity contribution in [3.63, 3.8) is 0 Å². The lowest BCUT2D eigenvalue weighted by atomic mass is 10.1. The van der Waals surface area contributed by atoms with Crippen LogP contribution in [0.4, 0.5) is 0 Å². The summed E-state index contributed by atoms with van der Waals surface area (Å²) in [4.78, 5) is 13.8. The minimum atomic E-state index is -0.00854. The van der Waals surface area contributed by atoms with Crippen LogP contribution in [0.1, 0.15) is 96.8 Å². The van der Waals surface area contributed by atoms with Crippen LogP contribution in [0.2, 0.25) is 0 Å². The van der Waals surface area contributed by atoms with Crippen LogP contribution in [0.15, 0.2) is 0 Å². The molecule has 0 aromatic heterocycles. The van der Waals surface area contributed by atoms with E-state index in [0.717, 1.165) is 25.8 Å². The van der Waals surface area contributed by atoms with Crippen LogP contribution < -0.4 is 0 Å². The lowest BCUT2D eigenvalue weighted by molar-refractivity contribution is -0.143. The zero-order valence-corrected chi connectivity index (χ0v) is 16.1. The van der Waals surface area contributed by atoms with E-state index in [1.54, 1.807) is 0 Å². The Labute approximate surface area is 145 Å². The Hall–Kier alpha value is -0.570. The molecule has 0 radical (unpaired) electrons. The molecular formula is C20H41NO2. The smallest absolute Gasteiger partial charge is 0.305 e. The highest BCUT2D eigenvalue weighted by Crippen LogP contribution is 2.10. The van der Waals surface area contributed by atoms with Crippen molar-refractivity contribution in [3.05, 3.63) is 0 Å². The number of esters is 1. The molecule has 0 aliphatic rings. The average Bonchev–Trinajstić information content (AvgIpc) is 2.52. The van der Waals surface area contributed by atoms with Gasteiger partial charge in [0.2, 0.25) is 0 Å². The first-order valence-corrected chi connectivity index (χ1v) is 9.97. The second kappa shape index (κ2) is 17.8. The zero-order chi connectivity index (χ0) is 17.2. The summed E-state index contributed by atoms with van der Waals surface area (Å²) in [5, 5.41) is 0. The van der Waals surface area contributed by atoms with Gasteiger partial charge in [-0.2, -0.15) is 0 Å². The van der Waals surface area contributed by atoms with Crippen molar-refractivity contribution in [3.8, 4) is 0 Å². The van der Waals surface area contributed by atoms with E-state index in [4.69, 9.17) is 4.74 Å². The molecule has 0 aromatic carbocycles. The normalized spacial score (nSPS) is 11.1. The quantitative estimate of drug-likeness (QED) is 0.258. The number of carbonyl (C=O) groups excluding carboxylic acids is 1. The summed E-state index contributed by atoms with van der Waals surface area (Å²) >= 11 is 0. The monoisotopic (exact) mass is 327 g/mol. The van der Waals surface area contributed by atoms with Gasteiger partial charge < -0.3 is 9.64 Å². The lowest BCUT2D eigenvalue weighted by Crippen LogP contribution is -2.13. The van der Waals surface area contributed by atoms with Crippen molar-refractivity contribution in [1.82, 2.24) is 4.90 Å². The van der Waals surface area contributed by atoms with Crippen LogP contribution in [0, 0.1) is 0 Å². The van der Waals surface area contributed by atoms with E-state index in [2.05, 4.69) is 25.9 Å². The molecule has 0 fully saturated rings. The fourth-order valence-electron chi connectivity index (χ4n) is 2.72. The average molecular weight is 328 g/mol. The van der Waals surface area contributed by atoms with Crippen LogP contribution in [0.5, 0.6) is 0 Å². The fraction of sp³-hybridized carbons (Fsp3) is 0.950. The third kappa shape index (κ3) is 19.4. The maximum absolute atomic E-state index is 11.6. The molecule has 0 atom stereocenters. The Morgan fingerprint density at radius 3 is 1.83 bits per heavy atom. The standard InChI is InChI=1S/C20H41NO2/c1-4-5-6-7-8-9-10-11-12-16-19-23-20(22)17-14-13-15-18-21(2)3/h4-19H2,1-3H3. The van der Waals surface area contributed by atoms with Crippen molar-refractivity contribution in [2.75, 3.05) is 27.2 Å². The predicted octanol–water partition coefficient (Wildman–Crippen LogP) is 5.57. The first-order valence-electron chi connectivity index (χ1n) is 9.97. The van der Waals surface area contributed by atoms with Gasteiger partial charge in [-0.3, -0.25) is 4.79 Å². The number of hydrogen-bond acceptors (Lipinski definition) is 3. The van der Waals surface area contributed by atoms with Crippen molar-refractivity contribution in [2.45, 2.75) is 96.8 Å². The van der Waals surface area contributed by atoms with Gasteiger partial charge in [-0.25, -0.2) is 0 Å². The number of ether oxygens (including phenoxy) is 1. The summed E-state index contributed by atoms with van der Waals surface area (Å²) in [6.07, 6.45) is 17.0. The van der Waals surface area contributed by atoms with Gasteiger partial charge in [0.05, 0.1) is 6.61 Å². The molecule has 0 aliphatic carbocycles. The van der Waals surface area contributed by atoms with Gasteiger partial charge in [0.15, 0.2) is 0 Å². The first kappa shape index (κ1) is 22.4. The molecule has 23 heavy (non-hydrogen) atoms. The van der Waals surface area contributed by atoms with Gasteiger partial charge in [-0.1, -0.05) is 71.1 Å². The van der Waals surface area contributed by atoms with E-state index in [0.29, 0.717) is 13.0 Å². The molecule has 0 aromatic rings. The van der Waals surface area contributed by atoms with Gasteiger partial charge in [0.25, 0.3) is 0 Å². The Morgan fingerprint density at radius 2 is 1.26 bits per heavy atom. The Kier molecular flexibility index (Phi) is 17.3. The van der Waals surface area contributed by atoms with Gasteiger partial charge in [-0.15, -0.1) is 0 Å². The van der Waals surface area contributed by atoms with E-state index in [1.165, 1.54) is 64.2 Å². The van der Waals surface area contributed by atoms with E-state index in [-0.39, 0.29) is 5.97 Å².